The molecule has 0 unspecified atom stereocenters. The van der Waals surface area contributed by atoms with E-state index in [1.165, 1.54) is 12.1 Å². The number of anilines is 1. The summed E-state index contributed by atoms with van der Waals surface area (Å²) in [5, 5.41) is 10.9. The van der Waals surface area contributed by atoms with Gasteiger partial charge in [-0.3, -0.25) is 9.36 Å². The first-order chi connectivity index (χ1) is 14.2. The van der Waals surface area contributed by atoms with E-state index in [-0.39, 0.29) is 18.1 Å². The van der Waals surface area contributed by atoms with Gasteiger partial charge < -0.3 is 10.1 Å². The molecule has 0 atom stereocenters. The predicted octanol–water partition coefficient (Wildman–Crippen LogP) is 3.77. The minimum absolute atomic E-state index is 0.164. The number of aromatic nitrogens is 4. The van der Waals surface area contributed by atoms with E-state index >= 15 is 0 Å². The van der Waals surface area contributed by atoms with Crippen molar-refractivity contribution in [1.29, 1.82) is 0 Å². The highest BCUT2D eigenvalue weighted by atomic mass is 19.1. The molecule has 0 bridgehead atoms. The van der Waals surface area contributed by atoms with Gasteiger partial charge in [-0.2, -0.15) is 0 Å². The number of hydrogen-bond acceptors (Lipinski definition) is 5. The Morgan fingerprint density at radius 1 is 1.00 bits per heavy atom. The number of nitrogens with one attached hydrogen (secondary N) is 1. The predicted molar refractivity (Wildman–Crippen MR) is 104 cm³/mol. The van der Waals surface area contributed by atoms with Gasteiger partial charge in [-0.1, -0.05) is 12.1 Å². The molecule has 4 aromatic rings. The van der Waals surface area contributed by atoms with E-state index in [0.29, 0.717) is 23.1 Å². The minimum Gasteiger partial charge on any atom is -0.438 e. The van der Waals surface area contributed by atoms with E-state index in [1.807, 2.05) is 0 Å². The van der Waals surface area contributed by atoms with Crippen LogP contribution in [0.2, 0.25) is 0 Å². The van der Waals surface area contributed by atoms with Gasteiger partial charge in [-0.15, -0.1) is 10.2 Å². The molecule has 0 aliphatic heterocycles. The Hall–Kier alpha value is -4.07. The van der Waals surface area contributed by atoms with Crippen molar-refractivity contribution in [2.45, 2.75) is 6.42 Å². The van der Waals surface area contributed by atoms with Gasteiger partial charge in [0, 0.05) is 24.1 Å². The number of ether oxygens (including phenoxy) is 1. The number of nitrogens with zero attached hydrogens (tertiary/aromatic N) is 4. The number of halogens is 1. The molecule has 2 aromatic carbocycles. The molecule has 144 valence electrons. The van der Waals surface area contributed by atoms with E-state index in [0.717, 1.165) is 5.56 Å². The molecule has 8 heteroatoms. The van der Waals surface area contributed by atoms with Crippen LogP contribution in [0.4, 0.5) is 10.1 Å². The Balaban J connectivity index is 1.34. The number of hydrogen-bond donors (Lipinski definition) is 1. The molecule has 2 heterocycles. The van der Waals surface area contributed by atoms with Crippen LogP contribution in [-0.4, -0.2) is 25.7 Å². The molecule has 0 aliphatic carbocycles. The maximum Gasteiger partial charge on any atom is 0.238 e. The third-order valence-electron chi connectivity index (χ3n) is 4.03. The maximum absolute atomic E-state index is 12.9. The van der Waals surface area contributed by atoms with Crippen molar-refractivity contribution >= 4 is 11.6 Å². The normalized spacial score (nSPS) is 10.5. The second-order valence-corrected chi connectivity index (χ2v) is 6.18. The summed E-state index contributed by atoms with van der Waals surface area (Å²) in [4.78, 5) is 16.1. The number of rotatable bonds is 6. The lowest BCUT2D eigenvalue weighted by Crippen LogP contribution is -2.14. The third-order valence-corrected chi connectivity index (χ3v) is 4.03. The van der Waals surface area contributed by atoms with Crippen LogP contribution in [0.3, 0.4) is 0 Å². The van der Waals surface area contributed by atoms with E-state index in [9.17, 15) is 9.18 Å². The first-order valence-electron chi connectivity index (χ1n) is 8.80. The Bertz CT molecular complexity index is 1080. The highest BCUT2D eigenvalue weighted by Crippen LogP contribution is 2.21. The Morgan fingerprint density at radius 3 is 2.45 bits per heavy atom. The van der Waals surface area contributed by atoms with Crippen LogP contribution >= 0.6 is 0 Å². The molecule has 29 heavy (non-hydrogen) atoms. The summed E-state index contributed by atoms with van der Waals surface area (Å²) in [5.41, 5.74) is 1.37. The van der Waals surface area contributed by atoms with E-state index < -0.39 is 0 Å². The summed E-state index contributed by atoms with van der Waals surface area (Å²) in [6, 6.07) is 16.2. The van der Waals surface area contributed by atoms with E-state index in [1.54, 1.807) is 71.8 Å². The van der Waals surface area contributed by atoms with Gasteiger partial charge in [0.05, 0.1) is 6.42 Å². The van der Waals surface area contributed by atoms with Gasteiger partial charge in [-0.05, 0) is 48.0 Å². The van der Waals surface area contributed by atoms with Crippen LogP contribution in [-0.2, 0) is 11.2 Å². The molecule has 2 aromatic heterocycles. The van der Waals surface area contributed by atoms with Gasteiger partial charge in [0.1, 0.15) is 17.9 Å². The number of amides is 1. The smallest absolute Gasteiger partial charge is 0.238 e. The maximum atomic E-state index is 12.9. The highest BCUT2D eigenvalue weighted by molar-refractivity contribution is 5.92. The lowest BCUT2D eigenvalue weighted by molar-refractivity contribution is -0.115. The average molecular weight is 389 g/mol. The molecule has 1 amide bonds. The number of benzene rings is 2. The largest absolute Gasteiger partial charge is 0.438 e. The van der Waals surface area contributed by atoms with Crippen molar-refractivity contribution in [2.75, 3.05) is 5.32 Å². The molecule has 0 saturated heterocycles. The molecule has 0 radical (unpaired) electrons. The molecule has 0 fully saturated rings. The van der Waals surface area contributed by atoms with Crippen molar-refractivity contribution in [3.05, 3.63) is 90.8 Å². The van der Waals surface area contributed by atoms with Gasteiger partial charge in [-0.25, -0.2) is 9.37 Å². The SMILES string of the molecule is O=C(Cc1ccc(F)cc1)Nc1ccc(Oc2ccc(-n3ccnc3)nn2)cc1. The Labute approximate surface area is 165 Å². The summed E-state index contributed by atoms with van der Waals surface area (Å²) in [6.07, 6.45) is 5.23. The molecule has 0 spiro atoms. The average Bonchev–Trinajstić information content (AvgIpc) is 3.27. The van der Waals surface area contributed by atoms with E-state index in [4.69, 9.17) is 4.74 Å². The molecular formula is C21H16FN5O2. The first kappa shape index (κ1) is 18.3. The van der Waals surface area contributed by atoms with Crippen molar-refractivity contribution in [3.63, 3.8) is 0 Å². The van der Waals surface area contributed by atoms with E-state index in [2.05, 4.69) is 20.5 Å². The molecule has 0 saturated carbocycles. The van der Waals surface area contributed by atoms with Crippen LogP contribution in [0.1, 0.15) is 5.56 Å². The summed E-state index contributed by atoms with van der Waals surface area (Å²) in [7, 11) is 0. The molecule has 4 rings (SSSR count). The molecule has 7 nitrogen and oxygen atoms in total. The van der Waals surface area contributed by atoms with Crippen LogP contribution in [0, 0.1) is 5.82 Å². The van der Waals surface area contributed by atoms with Crippen molar-refractivity contribution in [3.8, 4) is 17.4 Å². The zero-order valence-corrected chi connectivity index (χ0v) is 15.2. The second-order valence-electron chi connectivity index (χ2n) is 6.18. The molecule has 0 aliphatic rings. The van der Waals surface area contributed by atoms with Crippen molar-refractivity contribution in [2.24, 2.45) is 0 Å². The standard InChI is InChI=1S/C21H16FN5O2/c22-16-3-1-15(2-4-16)13-20(28)24-17-5-7-18(8-6-17)29-21-10-9-19(25-26-21)27-12-11-23-14-27/h1-12,14H,13H2,(H,24,28). The van der Waals surface area contributed by atoms with Crippen molar-refractivity contribution in [1.82, 2.24) is 19.7 Å². The Morgan fingerprint density at radius 2 is 1.79 bits per heavy atom. The zero-order chi connectivity index (χ0) is 20.1. The van der Waals surface area contributed by atoms with Crippen LogP contribution in [0.5, 0.6) is 11.6 Å². The quantitative estimate of drug-likeness (QED) is 0.543. The lowest BCUT2D eigenvalue weighted by Gasteiger charge is -2.08. The summed E-state index contributed by atoms with van der Waals surface area (Å²) in [6.45, 7) is 0. The van der Waals surface area contributed by atoms with Crippen molar-refractivity contribution < 1.29 is 13.9 Å². The fraction of sp³-hybridized carbons (Fsp3) is 0.0476. The zero-order valence-electron chi connectivity index (χ0n) is 15.2. The fourth-order valence-electron chi connectivity index (χ4n) is 2.62. The second kappa shape index (κ2) is 8.30. The third kappa shape index (κ3) is 4.81. The topological polar surface area (TPSA) is 81.9 Å². The van der Waals surface area contributed by atoms with Crippen LogP contribution < -0.4 is 10.1 Å². The Kier molecular flexibility index (Phi) is 5.24. The van der Waals surface area contributed by atoms with Crippen LogP contribution in [0.15, 0.2) is 79.4 Å². The van der Waals surface area contributed by atoms with Gasteiger partial charge in [0.25, 0.3) is 0 Å². The summed E-state index contributed by atoms with van der Waals surface area (Å²) >= 11 is 0. The summed E-state index contributed by atoms with van der Waals surface area (Å²) < 4.78 is 20.3. The number of carbonyl (C=O) groups excluding carboxylic acids is 1. The monoisotopic (exact) mass is 389 g/mol. The number of carbonyl (C=O) groups is 1. The molecule has 1 N–H and O–H groups in total. The van der Waals surface area contributed by atoms with Gasteiger partial charge in [0.2, 0.25) is 11.8 Å². The highest BCUT2D eigenvalue weighted by Gasteiger charge is 2.06. The van der Waals surface area contributed by atoms with Gasteiger partial charge in [0.15, 0.2) is 5.82 Å². The van der Waals surface area contributed by atoms with Crippen LogP contribution in [0.25, 0.3) is 5.82 Å². The molecular weight excluding hydrogens is 373 g/mol. The number of imidazole rings is 1. The summed E-state index contributed by atoms with van der Waals surface area (Å²) in [5.74, 6) is 1.03. The minimum atomic E-state index is -0.328. The fourth-order valence-corrected chi connectivity index (χ4v) is 2.62. The van der Waals surface area contributed by atoms with Gasteiger partial charge >= 0.3 is 0 Å². The lowest BCUT2D eigenvalue weighted by atomic mass is 10.1. The first-order valence-corrected chi connectivity index (χ1v) is 8.80.